The minimum Gasteiger partial charge on any atom is -0.490 e. The zero-order chi connectivity index (χ0) is 11.9. The Morgan fingerprint density at radius 1 is 1.24 bits per heavy atom. The van der Waals surface area contributed by atoms with Crippen molar-refractivity contribution >= 4 is 0 Å². The number of nitrogens with one attached hydrogen (secondary N) is 1. The van der Waals surface area contributed by atoms with Gasteiger partial charge in [-0.1, -0.05) is 12.1 Å². The van der Waals surface area contributed by atoms with E-state index in [9.17, 15) is 0 Å². The number of benzene rings is 1. The van der Waals surface area contributed by atoms with Crippen molar-refractivity contribution in [2.45, 2.75) is 32.3 Å². The van der Waals surface area contributed by atoms with Crippen molar-refractivity contribution in [3.8, 4) is 11.5 Å². The summed E-state index contributed by atoms with van der Waals surface area (Å²) in [6.45, 7) is 4.70. The second-order valence-electron chi connectivity index (χ2n) is 4.32. The topological polar surface area (TPSA) is 30.5 Å². The van der Waals surface area contributed by atoms with Crippen LogP contribution in [0.1, 0.15) is 26.2 Å². The maximum Gasteiger partial charge on any atom is 0.161 e. The van der Waals surface area contributed by atoms with Crippen LogP contribution in [0.15, 0.2) is 24.3 Å². The maximum absolute atomic E-state index is 6.03. The second kappa shape index (κ2) is 6.50. The van der Waals surface area contributed by atoms with Gasteiger partial charge in [0.15, 0.2) is 11.5 Å². The lowest BCUT2D eigenvalue weighted by atomic mass is 10.2. The number of para-hydroxylation sites is 2. The lowest BCUT2D eigenvalue weighted by molar-refractivity contribution is 0.183. The molecule has 0 radical (unpaired) electrons. The van der Waals surface area contributed by atoms with Crippen molar-refractivity contribution in [2.24, 2.45) is 0 Å². The van der Waals surface area contributed by atoms with E-state index < -0.39 is 0 Å². The van der Waals surface area contributed by atoms with E-state index in [-0.39, 0.29) is 6.10 Å². The van der Waals surface area contributed by atoms with Gasteiger partial charge in [0.05, 0.1) is 6.61 Å². The summed E-state index contributed by atoms with van der Waals surface area (Å²) in [4.78, 5) is 0. The molecule has 0 spiro atoms. The molecular formula is C14H21NO2. The Morgan fingerprint density at radius 2 is 2.06 bits per heavy atom. The monoisotopic (exact) mass is 235 g/mol. The molecular weight excluding hydrogens is 214 g/mol. The average Bonchev–Trinajstić information content (AvgIpc) is 2.61. The van der Waals surface area contributed by atoms with Gasteiger partial charge in [-0.15, -0.1) is 0 Å². The predicted molar refractivity (Wildman–Crippen MR) is 68.7 cm³/mol. The molecule has 1 aliphatic rings. The summed E-state index contributed by atoms with van der Waals surface area (Å²) in [7, 11) is 0. The van der Waals surface area contributed by atoms with E-state index in [2.05, 4.69) is 5.32 Å². The first-order valence-corrected chi connectivity index (χ1v) is 6.49. The summed E-state index contributed by atoms with van der Waals surface area (Å²) >= 11 is 0. The highest BCUT2D eigenvalue weighted by atomic mass is 16.5. The van der Waals surface area contributed by atoms with Crippen LogP contribution in [0, 0.1) is 0 Å². The molecule has 3 heteroatoms. The molecule has 1 aromatic carbocycles. The van der Waals surface area contributed by atoms with E-state index in [4.69, 9.17) is 9.47 Å². The molecule has 17 heavy (non-hydrogen) atoms. The van der Waals surface area contributed by atoms with Gasteiger partial charge in [0.25, 0.3) is 0 Å². The fraction of sp³-hybridized carbons (Fsp3) is 0.571. The highest BCUT2D eigenvalue weighted by Gasteiger charge is 2.15. The lowest BCUT2D eigenvalue weighted by Gasteiger charge is -2.19. The van der Waals surface area contributed by atoms with Crippen LogP contribution in [-0.2, 0) is 0 Å². The van der Waals surface area contributed by atoms with Crippen molar-refractivity contribution in [1.82, 2.24) is 5.32 Å². The first-order valence-electron chi connectivity index (χ1n) is 6.49. The number of rotatable bonds is 4. The maximum atomic E-state index is 6.03. The molecule has 0 bridgehead atoms. The molecule has 0 saturated carbocycles. The Balaban J connectivity index is 2.00. The van der Waals surface area contributed by atoms with Crippen molar-refractivity contribution in [2.75, 3.05) is 19.7 Å². The molecule has 1 N–H and O–H groups in total. The third kappa shape index (κ3) is 3.63. The van der Waals surface area contributed by atoms with Gasteiger partial charge in [-0.3, -0.25) is 0 Å². The van der Waals surface area contributed by atoms with E-state index in [0.29, 0.717) is 6.61 Å². The quantitative estimate of drug-likeness (QED) is 0.870. The van der Waals surface area contributed by atoms with Crippen LogP contribution in [0.25, 0.3) is 0 Å². The highest BCUT2D eigenvalue weighted by molar-refractivity contribution is 5.39. The smallest absolute Gasteiger partial charge is 0.161 e. The van der Waals surface area contributed by atoms with Crippen molar-refractivity contribution in [3.63, 3.8) is 0 Å². The zero-order valence-corrected chi connectivity index (χ0v) is 10.4. The number of ether oxygens (including phenoxy) is 2. The molecule has 1 saturated heterocycles. The predicted octanol–water partition coefficient (Wildman–Crippen LogP) is 2.61. The minimum absolute atomic E-state index is 0.263. The van der Waals surface area contributed by atoms with Crippen LogP contribution in [0.3, 0.4) is 0 Å². The van der Waals surface area contributed by atoms with E-state index in [1.807, 2.05) is 31.2 Å². The van der Waals surface area contributed by atoms with Crippen molar-refractivity contribution in [3.05, 3.63) is 24.3 Å². The normalized spacial score (nSPS) is 20.6. The van der Waals surface area contributed by atoms with E-state index in [0.717, 1.165) is 31.0 Å². The van der Waals surface area contributed by atoms with Crippen molar-refractivity contribution < 1.29 is 9.47 Å². The third-order valence-corrected chi connectivity index (χ3v) is 2.94. The van der Waals surface area contributed by atoms with Gasteiger partial charge in [0.2, 0.25) is 0 Å². The zero-order valence-electron chi connectivity index (χ0n) is 10.4. The summed E-state index contributed by atoms with van der Waals surface area (Å²) in [6, 6.07) is 7.91. The SMILES string of the molecule is CCOc1ccccc1OC1CCCCNC1. The molecule has 1 aliphatic heterocycles. The third-order valence-electron chi connectivity index (χ3n) is 2.94. The fourth-order valence-electron chi connectivity index (χ4n) is 2.09. The van der Waals surface area contributed by atoms with Gasteiger partial charge >= 0.3 is 0 Å². The molecule has 1 unspecified atom stereocenters. The van der Waals surface area contributed by atoms with E-state index in [1.54, 1.807) is 0 Å². The summed E-state index contributed by atoms with van der Waals surface area (Å²) in [5, 5.41) is 3.40. The Morgan fingerprint density at radius 3 is 2.88 bits per heavy atom. The van der Waals surface area contributed by atoms with Crippen molar-refractivity contribution in [1.29, 1.82) is 0 Å². The van der Waals surface area contributed by atoms with Gasteiger partial charge in [-0.25, -0.2) is 0 Å². The van der Waals surface area contributed by atoms with Crippen LogP contribution in [0.5, 0.6) is 11.5 Å². The molecule has 1 aromatic rings. The molecule has 2 rings (SSSR count). The largest absolute Gasteiger partial charge is 0.490 e. The van der Waals surface area contributed by atoms with Crippen LogP contribution < -0.4 is 14.8 Å². The first-order chi connectivity index (χ1) is 8.40. The van der Waals surface area contributed by atoms with Crippen LogP contribution >= 0.6 is 0 Å². The number of hydrogen-bond acceptors (Lipinski definition) is 3. The Labute approximate surface area is 103 Å². The summed E-state index contributed by atoms with van der Waals surface area (Å²) < 4.78 is 11.6. The molecule has 94 valence electrons. The standard InChI is InChI=1S/C14H21NO2/c1-2-16-13-8-3-4-9-14(13)17-12-7-5-6-10-15-11-12/h3-4,8-9,12,15H,2,5-7,10-11H2,1H3. The lowest BCUT2D eigenvalue weighted by Crippen LogP contribution is -2.29. The van der Waals surface area contributed by atoms with Gasteiger partial charge in [0, 0.05) is 6.54 Å². The molecule has 1 atom stereocenters. The second-order valence-corrected chi connectivity index (χ2v) is 4.32. The fourth-order valence-corrected chi connectivity index (χ4v) is 2.09. The molecule has 0 aromatic heterocycles. The first kappa shape index (κ1) is 12.2. The molecule has 0 amide bonds. The van der Waals surface area contributed by atoms with Crippen LogP contribution in [0.4, 0.5) is 0 Å². The van der Waals surface area contributed by atoms with Gasteiger partial charge in [0.1, 0.15) is 6.10 Å². The van der Waals surface area contributed by atoms with Gasteiger partial charge in [-0.05, 0) is 44.9 Å². The molecule has 1 fully saturated rings. The number of hydrogen-bond donors (Lipinski definition) is 1. The summed E-state index contributed by atoms with van der Waals surface area (Å²) in [5.41, 5.74) is 0. The van der Waals surface area contributed by atoms with Gasteiger partial charge < -0.3 is 14.8 Å². The highest BCUT2D eigenvalue weighted by Crippen LogP contribution is 2.28. The van der Waals surface area contributed by atoms with E-state index in [1.165, 1.54) is 12.8 Å². The Bertz CT molecular complexity index is 333. The average molecular weight is 235 g/mol. The molecule has 3 nitrogen and oxygen atoms in total. The van der Waals surface area contributed by atoms with Gasteiger partial charge in [-0.2, -0.15) is 0 Å². The Kier molecular flexibility index (Phi) is 4.68. The molecule has 1 heterocycles. The minimum atomic E-state index is 0.263. The Hall–Kier alpha value is -1.22. The van der Waals surface area contributed by atoms with E-state index >= 15 is 0 Å². The summed E-state index contributed by atoms with van der Waals surface area (Å²) in [6.07, 6.45) is 3.86. The summed E-state index contributed by atoms with van der Waals surface area (Å²) in [5.74, 6) is 1.71. The molecule has 0 aliphatic carbocycles. The van der Waals surface area contributed by atoms with Crippen LogP contribution in [-0.4, -0.2) is 25.8 Å². The van der Waals surface area contributed by atoms with Crippen LogP contribution in [0.2, 0.25) is 0 Å².